The van der Waals surface area contributed by atoms with Gasteiger partial charge >= 0.3 is 17.8 Å². The standard InChI is InChI=1S/C22H23N3O6/c26-13-15(12-19(27)28)23-20(29)18-10-3-4-11-25(18)22(31)21(30)24-17-9-5-7-14-6-1-2-8-16(14)17/h1-2,5-9,13,15,18H,3-4,10-12H2,(H,23,29)(H,24,30)(H,27,28)/t15-,18-/m0/s1. The predicted octanol–water partition coefficient (Wildman–Crippen LogP) is 1.32. The van der Waals surface area contributed by atoms with Crippen LogP contribution >= 0.6 is 0 Å². The number of likely N-dealkylation sites (tertiary alicyclic amines) is 1. The number of piperidine rings is 1. The lowest BCUT2D eigenvalue weighted by Gasteiger charge is -2.34. The zero-order valence-electron chi connectivity index (χ0n) is 16.7. The van der Waals surface area contributed by atoms with Crippen molar-refractivity contribution in [2.75, 3.05) is 11.9 Å². The molecule has 1 saturated heterocycles. The molecule has 1 fully saturated rings. The number of hydrogen-bond donors (Lipinski definition) is 3. The largest absolute Gasteiger partial charge is 0.481 e. The molecule has 1 heterocycles. The molecule has 0 radical (unpaired) electrons. The van der Waals surface area contributed by atoms with Crippen molar-refractivity contribution < 1.29 is 29.1 Å². The van der Waals surface area contributed by atoms with Crippen molar-refractivity contribution >= 4 is 46.4 Å². The minimum atomic E-state index is -1.23. The Hall–Kier alpha value is -3.75. The second-order valence-corrected chi connectivity index (χ2v) is 7.34. The number of aldehydes is 1. The minimum Gasteiger partial charge on any atom is -0.481 e. The molecule has 1 aliphatic heterocycles. The van der Waals surface area contributed by atoms with Crippen LogP contribution in [0.15, 0.2) is 42.5 Å². The summed E-state index contributed by atoms with van der Waals surface area (Å²) in [6.07, 6.45) is 1.39. The number of anilines is 1. The number of aliphatic carboxylic acids is 1. The molecule has 31 heavy (non-hydrogen) atoms. The summed E-state index contributed by atoms with van der Waals surface area (Å²) in [7, 11) is 0. The highest BCUT2D eigenvalue weighted by molar-refractivity contribution is 6.40. The van der Waals surface area contributed by atoms with E-state index in [4.69, 9.17) is 5.11 Å². The molecule has 0 saturated carbocycles. The van der Waals surface area contributed by atoms with E-state index >= 15 is 0 Å². The predicted molar refractivity (Wildman–Crippen MR) is 112 cm³/mol. The van der Waals surface area contributed by atoms with Gasteiger partial charge in [-0.15, -0.1) is 0 Å². The Labute approximate surface area is 178 Å². The second kappa shape index (κ2) is 9.84. The Morgan fingerprint density at radius 3 is 2.58 bits per heavy atom. The summed E-state index contributed by atoms with van der Waals surface area (Å²) < 4.78 is 0. The Morgan fingerprint density at radius 2 is 1.84 bits per heavy atom. The number of carboxylic acid groups (broad SMARTS) is 1. The monoisotopic (exact) mass is 425 g/mol. The summed E-state index contributed by atoms with van der Waals surface area (Å²) in [6.45, 7) is 0.213. The second-order valence-electron chi connectivity index (χ2n) is 7.34. The van der Waals surface area contributed by atoms with Gasteiger partial charge in [0.1, 0.15) is 12.3 Å². The third-order valence-corrected chi connectivity index (χ3v) is 5.18. The van der Waals surface area contributed by atoms with E-state index in [1.165, 1.54) is 4.90 Å². The maximum absolute atomic E-state index is 12.9. The molecule has 9 nitrogen and oxygen atoms in total. The number of carbonyl (C=O) groups excluding carboxylic acids is 4. The van der Waals surface area contributed by atoms with Gasteiger partial charge in [-0.1, -0.05) is 36.4 Å². The average Bonchev–Trinajstić information content (AvgIpc) is 2.78. The molecular formula is C22H23N3O6. The summed E-state index contributed by atoms with van der Waals surface area (Å²) >= 11 is 0. The number of benzene rings is 2. The van der Waals surface area contributed by atoms with E-state index < -0.39 is 42.2 Å². The SMILES string of the molecule is O=C[C@H](CC(=O)O)NC(=O)[C@@H]1CCCCN1C(=O)C(=O)Nc1cccc2ccccc12. The molecule has 0 unspecified atom stereocenters. The van der Waals surface area contributed by atoms with Crippen LogP contribution in [0, 0.1) is 0 Å². The first-order valence-corrected chi connectivity index (χ1v) is 9.98. The van der Waals surface area contributed by atoms with Gasteiger partial charge in [-0.2, -0.15) is 0 Å². The maximum Gasteiger partial charge on any atom is 0.313 e. The Bertz CT molecular complexity index is 1020. The molecule has 0 aromatic heterocycles. The van der Waals surface area contributed by atoms with Gasteiger partial charge in [0.15, 0.2) is 0 Å². The number of carboxylic acids is 1. The summed E-state index contributed by atoms with van der Waals surface area (Å²) in [5.74, 6) is -3.60. The van der Waals surface area contributed by atoms with Crippen LogP contribution in [0.25, 0.3) is 10.8 Å². The van der Waals surface area contributed by atoms with Crippen LogP contribution in [-0.4, -0.2) is 58.6 Å². The van der Waals surface area contributed by atoms with Gasteiger partial charge in [-0.3, -0.25) is 19.2 Å². The van der Waals surface area contributed by atoms with Crippen molar-refractivity contribution in [2.45, 2.75) is 37.8 Å². The van der Waals surface area contributed by atoms with Gasteiger partial charge in [-0.25, -0.2) is 0 Å². The van der Waals surface area contributed by atoms with Gasteiger partial charge < -0.3 is 25.4 Å². The van der Waals surface area contributed by atoms with Gasteiger partial charge in [0, 0.05) is 17.6 Å². The molecule has 2 atom stereocenters. The topological polar surface area (TPSA) is 133 Å². The normalized spacial score (nSPS) is 16.9. The molecule has 1 aliphatic rings. The third-order valence-electron chi connectivity index (χ3n) is 5.18. The smallest absolute Gasteiger partial charge is 0.313 e. The zero-order valence-corrected chi connectivity index (χ0v) is 16.7. The van der Waals surface area contributed by atoms with E-state index in [0.717, 1.165) is 10.8 Å². The molecule has 3 amide bonds. The number of fused-ring (bicyclic) bond motifs is 1. The van der Waals surface area contributed by atoms with Crippen LogP contribution in [0.1, 0.15) is 25.7 Å². The summed E-state index contributed by atoms with van der Waals surface area (Å²) in [5, 5.41) is 15.5. The summed E-state index contributed by atoms with van der Waals surface area (Å²) in [6, 6.07) is 10.6. The van der Waals surface area contributed by atoms with Gasteiger partial charge in [0.25, 0.3) is 0 Å². The lowest BCUT2D eigenvalue weighted by atomic mass is 10.0. The van der Waals surface area contributed by atoms with Crippen LogP contribution in [0.2, 0.25) is 0 Å². The fourth-order valence-corrected chi connectivity index (χ4v) is 3.69. The lowest BCUT2D eigenvalue weighted by Crippen LogP contribution is -2.56. The number of amides is 3. The highest BCUT2D eigenvalue weighted by atomic mass is 16.4. The van der Waals surface area contributed by atoms with Crippen molar-refractivity contribution in [2.24, 2.45) is 0 Å². The van der Waals surface area contributed by atoms with Gasteiger partial charge in [-0.05, 0) is 30.7 Å². The minimum absolute atomic E-state index is 0.213. The maximum atomic E-state index is 12.9. The number of rotatable bonds is 6. The van der Waals surface area contributed by atoms with Crippen molar-refractivity contribution in [1.82, 2.24) is 10.2 Å². The molecular weight excluding hydrogens is 402 g/mol. The van der Waals surface area contributed by atoms with E-state index in [9.17, 15) is 24.0 Å². The Balaban J connectivity index is 1.73. The van der Waals surface area contributed by atoms with Crippen LogP contribution in [0.4, 0.5) is 5.69 Å². The first kappa shape index (κ1) is 21.9. The first-order chi connectivity index (χ1) is 14.9. The number of hydrogen-bond acceptors (Lipinski definition) is 5. The fourth-order valence-electron chi connectivity index (χ4n) is 3.69. The van der Waals surface area contributed by atoms with Crippen molar-refractivity contribution in [3.63, 3.8) is 0 Å². The summed E-state index contributed by atoms with van der Waals surface area (Å²) in [5.41, 5.74) is 0.483. The molecule has 2 aromatic rings. The molecule has 9 heteroatoms. The highest BCUT2D eigenvalue weighted by Crippen LogP contribution is 2.24. The van der Waals surface area contributed by atoms with Crippen molar-refractivity contribution in [3.8, 4) is 0 Å². The Kier molecular flexibility index (Phi) is 6.96. The van der Waals surface area contributed by atoms with E-state index in [1.807, 2.05) is 30.3 Å². The lowest BCUT2D eigenvalue weighted by molar-refractivity contribution is -0.149. The summed E-state index contributed by atoms with van der Waals surface area (Å²) in [4.78, 5) is 61.2. The first-order valence-electron chi connectivity index (χ1n) is 9.98. The molecule has 3 rings (SSSR count). The molecule has 0 bridgehead atoms. The molecule has 0 spiro atoms. The molecule has 162 valence electrons. The van der Waals surface area contributed by atoms with Gasteiger partial charge in [0.05, 0.1) is 12.5 Å². The van der Waals surface area contributed by atoms with Crippen LogP contribution in [0.3, 0.4) is 0 Å². The van der Waals surface area contributed by atoms with Crippen molar-refractivity contribution in [3.05, 3.63) is 42.5 Å². The number of nitrogens with one attached hydrogen (secondary N) is 2. The average molecular weight is 425 g/mol. The fraction of sp³-hybridized carbons (Fsp3) is 0.318. The Morgan fingerprint density at radius 1 is 1.10 bits per heavy atom. The van der Waals surface area contributed by atoms with Crippen molar-refractivity contribution in [1.29, 1.82) is 0 Å². The van der Waals surface area contributed by atoms with Crippen LogP contribution in [0.5, 0.6) is 0 Å². The van der Waals surface area contributed by atoms with E-state index in [0.29, 0.717) is 31.2 Å². The van der Waals surface area contributed by atoms with Crippen LogP contribution < -0.4 is 10.6 Å². The molecule has 0 aliphatic carbocycles. The van der Waals surface area contributed by atoms with E-state index in [-0.39, 0.29) is 6.54 Å². The molecule has 3 N–H and O–H groups in total. The van der Waals surface area contributed by atoms with Gasteiger partial charge in [0.2, 0.25) is 5.91 Å². The number of carbonyl (C=O) groups is 5. The zero-order chi connectivity index (χ0) is 22.4. The number of nitrogens with zero attached hydrogens (tertiary/aromatic N) is 1. The van der Waals surface area contributed by atoms with E-state index in [1.54, 1.807) is 12.1 Å². The highest BCUT2D eigenvalue weighted by Gasteiger charge is 2.36. The molecule has 2 aromatic carbocycles. The van der Waals surface area contributed by atoms with E-state index in [2.05, 4.69) is 10.6 Å². The van der Waals surface area contributed by atoms with Crippen LogP contribution in [-0.2, 0) is 24.0 Å². The quantitative estimate of drug-likeness (QED) is 0.472. The third kappa shape index (κ3) is 5.25.